The highest BCUT2D eigenvalue weighted by atomic mass is 19.1. The van der Waals surface area contributed by atoms with Crippen LogP contribution in [0, 0.1) is 5.82 Å². The van der Waals surface area contributed by atoms with Crippen LogP contribution in [0.2, 0.25) is 0 Å². The number of carbonyl (C=O) groups excluding carboxylic acids is 3. The van der Waals surface area contributed by atoms with Crippen LogP contribution in [-0.4, -0.2) is 43.4 Å². The molecule has 1 heterocycles. The molecule has 3 rings (SSSR count). The van der Waals surface area contributed by atoms with E-state index >= 15 is 0 Å². The van der Waals surface area contributed by atoms with Gasteiger partial charge in [0.15, 0.2) is 5.78 Å². The second-order valence-corrected chi connectivity index (χ2v) is 6.58. The molecule has 1 fully saturated rings. The third-order valence-corrected chi connectivity index (χ3v) is 5.05. The van der Waals surface area contributed by atoms with Crippen LogP contribution < -0.4 is 14.8 Å². The molecule has 152 valence electrons. The number of nitrogens with zero attached hydrogens (tertiary/aromatic N) is 1. The Labute approximate surface area is 167 Å². The lowest BCUT2D eigenvalue weighted by molar-refractivity contribution is -0.131. The predicted octanol–water partition coefficient (Wildman–Crippen LogP) is 2.88. The summed E-state index contributed by atoms with van der Waals surface area (Å²) in [5.41, 5.74) is -0.694. The molecule has 0 radical (unpaired) electrons. The molecule has 1 aliphatic rings. The number of hydrogen-bond acceptors (Lipinski definition) is 5. The van der Waals surface area contributed by atoms with Crippen molar-refractivity contribution >= 4 is 17.7 Å². The van der Waals surface area contributed by atoms with E-state index in [0.29, 0.717) is 17.1 Å². The molecule has 2 aromatic carbocycles. The van der Waals surface area contributed by atoms with E-state index < -0.39 is 35.6 Å². The number of carbonyl (C=O) groups is 3. The van der Waals surface area contributed by atoms with Gasteiger partial charge in [0.25, 0.3) is 5.91 Å². The maximum atomic E-state index is 13.3. The van der Waals surface area contributed by atoms with E-state index in [1.807, 2.05) is 0 Å². The summed E-state index contributed by atoms with van der Waals surface area (Å²) in [6.07, 6.45) is 0.246. The number of halogens is 1. The first-order valence-corrected chi connectivity index (χ1v) is 9.01. The normalized spacial score (nSPS) is 18.6. The highest BCUT2D eigenvalue weighted by Gasteiger charge is 2.51. The van der Waals surface area contributed by atoms with Crippen LogP contribution >= 0.6 is 0 Å². The SMILES string of the molecule is CC[C@]1(c2ccc(F)cc2)NC(=O)N(CC(=O)c2cc(OC)ccc2OC)C1=O. The Balaban J connectivity index is 1.90. The van der Waals surface area contributed by atoms with Crippen molar-refractivity contribution in [3.63, 3.8) is 0 Å². The van der Waals surface area contributed by atoms with Crippen LogP contribution in [0.5, 0.6) is 11.5 Å². The Bertz CT molecular complexity index is 960. The molecule has 8 heteroatoms. The van der Waals surface area contributed by atoms with Gasteiger partial charge in [0.1, 0.15) is 22.9 Å². The minimum atomic E-state index is -1.34. The van der Waals surface area contributed by atoms with Crippen LogP contribution in [0.4, 0.5) is 9.18 Å². The van der Waals surface area contributed by atoms with Gasteiger partial charge in [-0.3, -0.25) is 14.5 Å². The minimum Gasteiger partial charge on any atom is -0.497 e. The Morgan fingerprint density at radius 2 is 1.79 bits per heavy atom. The first kappa shape index (κ1) is 20.3. The number of nitrogens with one attached hydrogen (secondary N) is 1. The lowest BCUT2D eigenvalue weighted by Crippen LogP contribution is -2.43. The number of Topliss-reactive ketones (excluding diaryl/α,β-unsaturated/α-hetero) is 1. The molecule has 1 atom stereocenters. The zero-order valence-electron chi connectivity index (χ0n) is 16.3. The van der Waals surface area contributed by atoms with Crippen molar-refractivity contribution in [3.05, 3.63) is 59.4 Å². The van der Waals surface area contributed by atoms with Gasteiger partial charge in [-0.15, -0.1) is 0 Å². The quantitative estimate of drug-likeness (QED) is 0.571. The van der Waals surface area contributed by atoms with Crippen LogP contribution in [0.15, 0.2) is 42.5 Å². The summed E-state index contributed by atoms with van der Waals surface area (Å²) < 4.78 is 23.6. The van der Waals surface area contributed by atoms with Gasteiger partial charge < -0.3 is 14.8 Å². The largest absolute Gasteiger partial charge is 0.497 e. The van der Waals surface area contributed by atoms with Crippen molar-refractivity contribution in [2.45, 2.75) is 18.9 Å². The molecule has 1 saturated heterocycles. The third kappa shape index (κ3) is 3.53. The van der Waals surface area contributed by atoms with E-state index in [1.54, 1.807) is 19.1 Å². The summed E-state index contributed by atoms with van der Waals surface area (Å²) in [6, 6.07) is 9.37. The molecule has 2 aromatic rings. The molecule has 3 amide bonds. The summed E-state index contributed by atoms with van der Waals surface area (Å²) in [5.74, 6) is -0.736. The monoisotopic (exact) mass is 400 g/mol. The Kier molecular flexibility index (Phi) is 5.54. The minimum absolute atomic E-state index is 0.197. The van der Waals surface area contributed by atoms with Gasteiger partial charge >= 0.3 is 6.03 Å². The lowest BCUT2D eigenvalue weighted by atomic mass is 9.87. The Morgan fingerprint density at radius 3 is 2.38 bits per heavy atom. The van der Waals surface area contributed by atoms with Gasteiger partial charge in [0.2, 0.25) is 0 Å². The average Bonchev–Trinajstić information content (AvgIpc) is 2.98. The van der Waals surface area contributed by atoms with E-state index in [4.69, 9.17) is 9.47 Å². The predicted molar refractivity (Wildman–Crippen MR) is 102 cm³/mol. The molecular formula is C21H21FN2O5. The molecule has 1 aliphatic heterocycles. The summed E-state index contributed by atoms with van der Waals surface area (Å²) in [6.45, 7) is 1.27. The number of urea groups is 1. The topological polar surface area (TPSA) is 84.9 Å². The van der Waals surface area contributed by atoms with E-state index in [-0.39, 0.29) is 12.0 Å². The number of imide groups is 1. The zero-order chi connectivity index (χ0) is 21.2. The molecule has 0 spiro atoms. The van der Waals surface area contributed by atoms with Crippen molar-refractivity contribution in [1.82, 2.24) is 10.2 Å². The number of ether oxygens (including phenoxy) is 2. The van der Waals surface area contributed by atoms with Crippen molar-refractivity contribution < 1.29 is 28.2 Å². The Morgan fingerprint density at radius 1 is 1.10 bits per heavy atom. The van der Waals surface area contributed by atoms with Crippen LogP contribution in [-0.2, 0) is 10.3 Å². The summed E-state index contributed by atoms with van der Waals surface area (Å²) in [5, 5.41) is 2.67. The molecule has 0 aliphatic carbocycles. The van der Waals surface area contributed by atoms with E-state index in [0.717, 1.165) is 4.90 Å². The van der Waals surface area contributed by atoms with Crippen molar-refractivity contribution in [2.75, 3.05) is 20.8 Å². The number of ketones is 1. The van der Waals surface area contributed by atoms with Crippen molar-refractivity contribution in [1.29, 1.82) is 0 Å². The van der Waals surface area contributed by atoms with Crippen LogP contribution in [0.3, 0.4) is 0 Å². The summed E-state index contributed by atoms with van der Waals surface area (Å²) in [4.78, 5) is 39.4. The molecule has 0 bridgehead atoms. The lowest BCUT2D eigenvalue weighted by Gasteiger charge is -2.25. The molecule has 1 N–H and O–H groups in total. The summed E-state index contributed by atoms with van der Waals surface area (Å²) >= 11 is 0. The molecule has 0 saturated carbocycles. The van der Waals surface area contributed by atoms with Crippen molar-refractivity contribution in [2.24, 2.45) is 0 Å². The average molecular weight is 400 g/mol. The molecule has 0 aromatic heterocycles. The summed E-state index contributed by atoms with van der Waals surface area (Å²) in [7, 11) is 2.88. The molecule has 0 unspecified atom stereocenters. The van der Waals surface area contributed by atoms with Gasteiger partial charge in [-0.25, -0.2) is 9.18 Å². The fourth-order valence-corrected chi connectivity index (χ4v) is 3.40. The smallest absolute Gasteiger partial charge is 0.325 e. The standard InChI is InChI=1S/C21H21FN2O5/c1-4-21(13-5-7-14(22)8-6-13)19(26)24(20(27)23-21)12-17(25)16-11-15(28-2)9-10-18(16)29-3/h5-11H,4,12H2,1-3H3,(H,23,27)/t21-/m1/s1. The van der Waals surface area contributed by atoms with E-state index in [1.165, 1.54) is 44.6 Å². The molecule has 7 nitrogen and oxygen atoms in total. The fraction of sp³-hybridized carbons (Fsp3) is 0.286. The van der Waals surface area contributed by atoms with Crippen LogP contribution in [0.1, 0.15) is 29.3 Å². The molecular weight excluding hydrogens is 379 g/mol. The van der Waals surface area contributed by atoms with Gasteiger partial charge in [0, 0.05) is 0 Å². The number of methoxy groups -OCH3 is 2. The second-order valence-electron chi connectivity index (χ2n) is 6.58. The highest BCUT2D eigenvalue weighted by molar-refractivity contribution is 6.12. The maximum Gasteiger partial charge on any atom is 0.325 e. The number of rotatable bonds is 7. The zero-order valence-corrected chi connectivity index (χ0v) is 16.3. The van der Waals surface area contributed by atoms with E-state index in [9.17, 15) is 18.8 Å². The number of benzene rings is 2. The van der Waals surface area contributed by atoms with Gasteiger partial charge in [-0.1, -0.05) is 19.1 Å². The van der Waals surface area contributed by atoms with Gasteiger partial charge in [-0.2, -0.15) is 0 Å². The third-order valence-electron chi connectivity index (χ3n) is 5.05. The van der Waals surface area contributed by atoms with Crippen LogP contribution in [0.25, 0.3) is 0 Å². The highest BCUT2D eigenvalue weighted by Crippen LogP contribution is 2.33. The first-order valence-electron chi connectivity index (χ1n) is 9.01. The maximum absolute atomic E-state index is 13.3. The van der Waals surface area contributed by atoms with E-state index in [2.05, 4.69) is 5.32 Å². The number of hydrogen-bond donors (Lipinski definition) is 1. The molecule has 29 heavy (non-hydrogen) atoms. The fourth-order valence-electron chi connectivity index (χ4n) is 3.40. The Hall–Kier alpha value is -3.42. The first-order chi connectivity index (χ1) is 13.9. The van der Waals surface area contributed by atoms with Gasteiger partial charge in [0.05, 0.1) is 26.3 Å². The second kappa shape index (κ2) is 7.90. The van der Waals surface area contributed by atoms with Crippen molar-refractivity contribution in [3.8, 4) is 11.5 Å². The number of amides is 3. The van der Waals surface area contributed by atoms with Gasteiger partial charge in [-0.05, 0) is 42.3 Å².